The molecule has 23 heavy (non-hydrogen) atoms. The average Bonchev–Trinajstić information content (AvgIpc) is 2.58. The molecule has 1 aliphatic carbocycles. The lowest BCUT2D eigenvalue weighted by Gasteiger charge is -2.18. The summed E-state index contributed by atoms with van der Waals surface area (Å²) in [6.45, 7) is 2.09. The van der Waals surface area contributed by atoms with Gasteiger partial charge in [0.15, 0.2) is 0 Å². The van der Waals surface area contributed by atoms with Crippen LogP contribution in [0.2, 0.25) is 0 Å². The lowest BCUT2D eigenvalue weighted by atomic mass is 9.97. The van der Waals surface area contributed by atoms with E-state index in [4.69, 9.17) is 11.6 Å². The molecule has 0 amide bonds. The molecule has 0 radical (unpaired) electrons. The minimum Gasteiger partial charge on any atom is -0.507 e. The smallest absolute Gasteiger partial charge is 0.145 e. The lowest BCUT2D eigenvalue weighted by molar-refractivity contribution is 0.422. The van der Waals surface area contributed by atoms with Crippen LogP contribution in [-0.4, -0.2) is 15.1 Å². The number of hydrogen-bond donors (Lipinski definition) is 2. The van der Waals surface area contributed by atoms with Gasteiger partial charge in [0.2, 0.25) is 0 Å². The van der Waals surface area contributed by atoms with Gasteiger partial charge in [-0.25, -0.2) is 4.98 Å². The topological polar surface area (TPSA) is 58.0 Å². The Bertz CT molecular complexity index is 743. The molecule has 1 aromatic heterocycles. The first-order valence-corrected chi connectivity index (χ1v) is 7.90. The quantitative estimate of drug-likeness (QED) is 0.854. The second-order valence-electron chi connectivity index (χ2n) is 5.57. The Morgan fingerprint density at radius 2 is 2.04 bits per heavy atom. The molecule has 5 heteroatoms. The summed E-state index contributed by atoms with van der Waals surface area (Å²) in [6, 6.07) is 10.3. The molecule has 0 saturated heterocycles. The van der Waals surface area contributed by atoms with Crippen molar-refractivity contribution in [3.8, 4) is 0 Å². The molecule has 2 atom stereocenters. The minimum atomic E-state index is 0.0275. The highest BCUT2D eigenvalue weighted by molar-refractivity contribution is 6.30. The number of halogens is 1. The highest BCUT2D eigenvalue weighted by atomic mass is 35.5. The van der Waals surface area contributed by atoms with Gasteiger partial charge in [-0.05, 0) is 25.0 Å². The van der Waals surface area contributed by atoms with Gasteiger partial charge in [0.25, 0.3) is 0 Å². The van der Waals surface area contributed by atoms with Gasteiger partial charge in [-0.2, -0.15) is 0 Å². The molecule has 0 spiro atoms. The molecule has 4 nitrogen and oxygen atoms in total. The third-order valence-electron chi connectivity index (χ3n) is 3.86. The third-order valence-corrected chi connectivity index (χ3v) is 4.21. The molecule has 2 N–H and O–H groups in total. The van der Waals surface area contributed by atoms with E-state index >= 15 is 0 Å². The second kappa shape index (κ2) is 6.84. The predicted molar refractivity (Wildman–Crippen MR) is 92.5 cm³/mol. The molecule has 118 valence electrons. The minimum absolute atomic E-state index is 0.0275. The van der Waals surface area contributed by atoms with E-state index in [2.05, 4.69) is 34.3 Å². The summed E-state index contributed by atoms with van der Waals surface area (Å²) in [4.78, 5) is 8.90. The number of nitrogens with one attached hydrogen (secondary N) is 1. The Kier molecular flexibility index (Phi) is 4.63. The first-order valence-electron chi connectivity index (χ1n) is 7.52. The summed E-state index contributed by atoms with van der Waals surface area (Å²) in [5.74, 6) is 0.879. The van der Waals surface area contributed by atoms with E-state index in [1.54, 1.807) is 18.5 Å². The van der Waals surface area contributed by atoms with Crippen LogP contribution in [0, 0.1) is 0 Å². The van der Waals surface area contributed by atoms with Gasteiger partial charge in [-0.3, -0.25) is 4.98 Å². The molecular weight excluding hydrogens is 310 g/mol. The molecule has 1 aliphatic rings. The molecule has 2 aromatic rings. The molecular formula is C18H18ClN3O. The van der Waals surface area contributed by atoms with E-state index in [1.165, 1.54) is 5.56 Å². The maximum atomic E-state index is 9.55. The summed E-state index contributed by atoms with van der Waals surface area (Å²) in [5, 5.41) is 13.4. The number of aromatic nitrogens is 2. The maximum absolute atomic E-state index is 9.55. The Morgan fingerprint density at radius 1 is 1.26 bits per heavy atom. The Hall–Kier alpha value is -2.33. The van der Waals surface area contributed by atoms with Crippen molar-refractivity contribution in [3.63, 3.8) is 0 Å². The highest BCUT2D eigenvalue weighted by Crippen LogP contribution is 2.31. The van der Waals surface area contributed by atoms with Crippen molar-refractivity contribution in [3.05, 3.63) is 76.9 Å². The average molecular weight is 328 g/mol. The normalized spacial score (nSPS) is 18.8. The summed E-state index contributed by atoms with van der Waals surface area (Å²) in [7, 11) is 0. The zero-order valence-electron chi connectivity index (χ0n) is 12.8. The van der Waals surface area contributed by atoms with Crippen molar-refractivity contribution in [2.45, 2.75) is 25.3 Å². The Labute approximate surface area is 140 Å². The van der Waals surface area contributed by atoms with E-state index in [0.717, 1.165) is 11.5 Å². The van der Waals surface area contributed by atoms with Crippen LogP contribution < -0.4 is 5.32 Å². The van der Waals surface area contributed by atoms with E-state index < -0.39 is 0 Å². The number of allylic oxidation sites excluding steroid dienone is 3. The largest absolute Gasteiger partial charge is 0.507 e. The van der Waals surface area contributed by atoms with Crippen molar-refractivity contribution in [1.29, 1.82) is 0 Å². The van der Waals surface area contributed by atoms with E-state index in [0.29, 0.717) is 11.5 Å². The van der Waals surface area contributed by atoms with Gasteiger partial charge < -0.3 is 10.4 Å². The van der Waals surface area contributed by atoms with Crippen LogP contribution >= 0.6 is 11.6 Å². The molecule has 0 aliphatic heterocycles. The Morgan fingerprint density at radius 3 is 2.78 bits per heavy atom. The van der Waals surface area contributed by atoms with Crippen LogP contribution in [0.1, 0.15) is 36.6 Å². The molecule has 3 rings (SSSR count). The van der Waals surface area contributed by atoms with E-state index in [9.17, 15) is 5.11 Å². The first kappa shape index (κ1) is 15.6. The fraction of sp³-hybridized carbons (Fsp3) is 0.222. The lowest BCUT2D eigenvalue weighted by Crippen LogP contribution is -2.10. The second-order valence-corrected chi connectivity index (χ2v) is 6.02. The number of hydrogen-bond acceptors (Lipinski definition) is 4. The molecule has 0 fully saturated rings. The number of nitrogens with zero attached hydrogens (tertiary/aromatic N) is 2. The van der Waals surface area contributed by atoms with E-state index in [1.807, 2.05) is 24.3 Å². The van der Waals surface area contributed by atoms with E-state index in [-0.39, 0.29) is 17.7 Å². The van der Waals surface area contributed by atoms with Crippen LogP contribution in [0.15, 0.2) is 65.7 Å². The summed E-state index contributed by atoms with van der Waals surface area (Å²) >= 11 is 6.03. The molecule has 0 saturated carbocycles. The van der Waals surface area contributed by atoms with Gasteiger partial charge in [0.1, 0.15) is 11.6 Å². The number of rotatable bonds is 4. The molecule has 1 heterocycles. The SMILES string of the molecule is C[C@H](Nc1cncc([C@H]2C=CC(O)=C(Cl)C2)n1)c1ccccc1. The Balaban J connectivity index is 1.75. The number of aliphatic hydroxyl groups is 1. The van der Waals surface area contributed by atoms with Gasteiger partial charge in [0.05, 0.1) is 16.9 Å². The fourth-order valence-electron chi connectivity index (χ4n) is 2.54. The van der Waals surface area contributed by atoms with Crippen LogP contribution in [0.5, 0.6) is 0 Å². The van der Waals surface area contributed by atoms with Gasteiger partial charge in [-0.1, -0.05) is 48.0 Å². The standard InChI is InChI=1S/C18H18ClN3O/c1-12(13-5-3-2-4-6-13)21-18-11-20-10-16(22-18)14-7-8-17(23)15(19)9-14/h2-8,10-12,14,23H,9H2,1H3,(H,21,22)/t12-,14-/m0/s1. The van der Waals surface area contributed by atoms with Crippen LogP contribution in [0.4, 0.5) is 5.82 Å². The van der Waals surface area contributed by atoms with Gasteiger partial charge in [0, 0.05) is 18.2 Å². The van der Waals surface area contributed by atoms with Crippen molar-refractivity contribution in [1.82, 2.24) is 9.97 Å². The summed E-state index contributed by atoms with van der Waals surface area (Å²) < 4.78 is 0. The monoisotopic (exact) mass is 327 g/mol. The van der Waals surface area contributed by atoms with Crippen molar-refractivity contribution in [2.75, 3.05) is 5.32 Å². The maximum Gasteiger partial charge on any atom is 0.145 e. The zero-order valence-corrected chi connectivity index (χ0v) is 13.5. The number of benzene rings is 1. The number of anilines is 1. The number of aliphatic hydroxyl groups excluding tert-OH is 1. The molecule has 0 bridgehead atoms. The zero-order chi connectivity index (χ0) is 16.2. The molecule has 0 unspecified atom stereocenters. The predicted octanol–water partition coefficient (Wildman–Crippen LogP) is 4.70. The van der Waals surface area contributed by atoms with Crippen molar-refractivity contribution in [2.24, 2.45) is 0 Å². The van der Waals surface area contributed by atoms with Crippen LogP contribution in [0.25, 0.3) is 0 Å². The first-order chi connectivity index (χ1) is 11.1. The van der Waals surface area contributed by atoms with Crippen molar-refractivity contribution >= 4 is 17.4 Å². The summed E-state index contributed by atoms with van der Waals surface area (Å²) in [6.07, 6.45) is 7.50. The third kappa shape index (κ3) is 3.71. The van der Waals surface area contributed by atoms with Crippen LogP contribution in [-0.2, 0) is 0 Å². The van der Waals surface area contributed by atoms with Gasteiger partial charge >= 0.3 is 0 Å². The van der Waals surface area contributed by atoms with Gasteiger partial charge in [-0.15, -0.1) is 0 Å². The summed E-state index contributed by atoms with van der Waals surface area (Å²) in [5.41, 5.74) is 2.02. The van der Waals surface area contributed by atoms with Crippen LogP contribution in [0.3, 0.4) is 0 Å². The van der Waals surface area contributed by atoms with Crippen molar-refractivity contribution < 1.29 is 5.11 Å². The fourth-order valence-corrected chi connectivity index (χ4v) is 2.77. The highest BCUT2D eigenvalue weighted by Gasteiger charge is 2.18. The molecule has 1 aromatic carbocycles.